The standard InChI is InChI=1S/C15H20N2OS/c1-19-15(8-3-9-15)11-17-14(18)7-6-12-4-2-5-13(16)10-12/h2,4-7,10H,3,8-9,11,16H2,1H3,(H,17,18)/b7-6+. The number of carbonyl (C=O) groups is 1. The number of hydrogen-bond acceptors (Lipinski definition) is 3. The van der Waals surface area contributed by atoms with E-state index in [2.05, 4.69) is 11.6 Å². The summed E-state index contributed by atoms with van der Waals surface area (Å²) in [5.41, 5.74) is 7.34. The van der Waals surface area contributed by atoms with Gasteiger partial charge in [0.1, 0.15) is 0 Å². The van der Waals surface area contributed by atoms with E-state index in [-0.39, 0.29) is 10.7 Å². The second-order valence-corrected chi connectivity index (χ2v) is 6.24. The Kier molecular flexibility index (Phi) is 4.53. The highest BCUT2D eigenvalue weighted by Crippen LogP contribution is 2.42. The van der Waals surface area contributed by atoms with Crippen molar-refractivity contribution in [1.29, 1.82) is 0 Å². The van der Waals surface area contributed by atoms with Crippen molar-refractivity contribution in [2.24, 2.45) is 0 Å². The van der Waals surface area contributed by atoms with E-state index in [1.807, 2.05) is 36.0 Å². The van der Waals surface area contributed by atoms with E-state index in [1.54, 1.807) is 12.2 Å². The molecular weight excluding hydrogens is 256 g/mol. The zero-order valence-electron chi connectivity index (χ0n) is 11.2. The molecule has 3 nitrogen and oxygen atoms in total. The van der Waals surface area contributed by atoms with Gasteiger partial charge < -0.3 is 11.1 Å². The smallest absolute Gasteiger partial charge is 0.244 e. The van der Waals surface area contributed by atoms with Crippen molar-refractivity contribution in [2.45, 2.75) is 24.0 Å². The van der Waals surface area contributed by atoms with E-state index >= 15 is 0 Å². The van der Waals surface area contributed by atoms with Gasteiger partial charge >= 0.3 is 0 Å². The van der Waals surface area contributed by atoms with Crippen LogP contribution < -0.4 is 11.1 Å². The van der Waals surface area contributed by atoms with Crippen LogP contribution in [0.4, 0.5) is 5.69 Å². The van der Waals surface area contributed by atoms with Gasteiger partial charge in [-0.1, -0.05) is 18.6 Å². The third-order valence-electron chi connectivity index (χ3n) is 3.62. The van der Waals surface area contributed by atoms with Crippen LogP contribution in [-0.4, -0.2) is 23.5 Å². The zero-order chi connectivity index (χ0) is 13.7. The SMILES string of the molecule is CSC1(CNC(=O)/C=C/c2cccc(N)c2)CCC1. The Labute approximate surface area is 118 Å². The van der Waals surface area contributed by atoms with Gasteiger partial charge in [-0.25, -0.2) is 0 Å². The Morgan fingerprint density at radius 2 is 2.32 bits per heavy atom. The first kappa shape index (κ1) is 14.0. The van der Waals surface area contributed by atoms with Crippen molar-refractivity contribution in [3.8, 4) is 0 Å². The van der Waals surface area contributed by atoms with Gasteiger partial charge in [-0.3, -0.25) is 4.79 Å². The van der Waals surface area contributed by atoms with E-state index in [0.29, 0.717) is 5.69 Å². The fourth-order valence-electron chi connectivity index (χ4n) is 2.17. The molecule has 0 aliphatic heterocycles. The molecule has 0 heterocycles. The molecule has 1 aliphatic carbocycles. The van der Waals surface area contributed by atoms with E-state index in [1.165, 1.54) is 19.3 Å². The number of nitrogens with one attached hydrogen (secondary N) is 1. The largest absolute Gasteiger partial charge is 0.399 e. The number of rotatable bonds is 5. The van der Waals surface area contributed by atoms with E-state index in [4.69, 9.17) is 5.73 Å². The number of benzene rings is 1. The molecule has 1 aromatic carbocycles. The predicted molar refractivity (Wildman–Crippen MR) is 83.0 cm³/mol. The number of thioether (sulfide) groups is 1. The quantitative estimate of drug-likeness (QED) is 0.642. The van der Waals surface area contributed by atoms with Crippen molar-refractivity contribution in [3.63, 3.8) is 0 Å². The molecule has 1 amide bonds. The first-order valence-electron chi connectivity index (χ1n) is 6.50. The Morgan fingerprint density at radius 3 is 2.89 bits per heavy atom. The van der Waals surface area contributed by atoms with Gasteiger partial charge in [-0.15, -0.1) is 0 Å². The van der Waals surface area contributed by atoms with Gasteiger partial charge in [-0.2, -0.15) is 11.8 Å². The van der Waals surface area contributed by atoms with Crippen LogP contribution in [0.15, 0.2) is 30.3 Å². The molecule has 3 N–H and O–H groups in total. The van der Waals surface area contributed by atoms with Crippen LogP contribution >= 0.6 is 11.8 Å². The Balaban J connectivity index is 1.84. The van der Waals surface area contributed by atoms with E-state index < -0.39 is 0 Å². The lowest BCUT2D eigenvalue weighted by atomic mass is 9.84. The maximum absolute atomic E-state index is 11.8. The number of amides is 1. The summed E-state index contributed by atoms with van der Waals surface area (Å²) in [6.45, 7) is 0.758. The molecular formula is C15H20N2OS. The molecule has 4 heteroatoms. The fourth-order valence-corrected chi connectivity index (χ4v) is 3.08. The van der Waals surface area contributed by atoms with Crippen LogP contribution in [0.25, 0.3) is 6.08 Å². The minimum atomic E-state index is -0.0391. The van der Waals surface area contributed by atoms with Gasteiger partial charge in [-0.05, 0) is 42.9 Å². The van der Waals surface area contributed by atoms with Crippen LogP contribution in [0.3, 0.4) is 0 Å². The lowest BCUT2D eigenvalue weighted by Gasteiger charge is -2.40. The molecule has 1 aliphatic rings. The Bertz CT molecular complexity index is 475. The minimum Gasteiger partial charge on any atom is -0.399 e. The molecule has 0 unspecified atom stereocenters. The Morgan fingerprint density at radius 1 is 1.53 bits per heavy atom. The van der Waals surface area contributed by atoms with Crippen molar-refractivity contribution < 1.29 is 4.79 Å². The maximum Gasteiger partial charge on any atom is 0.244 e. The summed E-state index contributed by atoms with van der Waals surface area (Å²) in [5, 5.41) is 2.98. The summed E-state index contributed by atoms with van der Waals surface area (Å²) in [6.07, 6.45) is 9.16. The van der Waals surface area contributed by atoms with Gasteiger partial charge in [0.05, 0.1) is 0 Å². The molecule has 102 valence electrons. The van der Waals surface area contributed by atoms with Gasteiger partial charge in [0.15, 0.2) is 0 Å². The summed E-state index contributed by atoms with van der Waals surface area (Å²) in [4.78, 5) is 11.8. The number of nitrogen functional groups attached to an aromatic ring is 1. The minimum absolute atomic E-state index is 0.0391. The number of anilines is 1. The summed E-state index contributed by atoms with van der Waals surface area (Å²) >= 11 is 1.86. The molecule has 0 spiro atoms. The van der Waals surface area contributed by atoms with Crippen LogP contribution in [-0.2, 0) is 4.79 Å². The summed E-state index contributed by atoms with van der Waals surface area (Å²) in [7, 11) is 0. The molecule has 1 saturated carbocycles. The topological polar surface area (TPSA) is 55.1 Å². The normalized spacial score (nSPS) is 17.1. The molecule has 1 aromatic rings. The highest BCUT2D eigenvalue weighted by Gasteiger charge is 2.35. The average Bonchev–Trinajstić information content (AvgIpc) is 2.36. The first-order valence-corrected chi connectivity index (χ1v) is 7.73. The molecule has 2 rings (SSSR count). The lowest BCUT2D eigenvalue weighted by Crippen LogP contribution is -2.44. The molecule has 19 heavy (non-hydrogen) atoms. The van der Waals surface area contributed by atoms with Gasteiger partial charge in [0.2, 0.25) is 5.91 Å². The van der Waals surface area contributed by atoms with Crippen molar-refractivity contribution in [1.82, 2.24) is 5.32 Å². The molecule has 0 bridgehead atoms. The molecule has 0 saturated heterocycles. The summed E-state index contributed by atoms with van der Waals surface area (Å²) in [6, 6.07) is 7.48. The molecule has 0 atom stereocenters. The lowest BCUT2D eigenvalue weighted by molar-refractivity contribution is -0.116. The van der Waals surface area contributed by atoms with Crippen LogP contribution in [0.5, 0.6) is 0 Å². The number of carbonyl (C=O) groups excluding carboxylic acids is 1. The van der Waals surface area contributed by atoms with Crippen LogP contribution in [0.2, 0.25) is 0 Å². The average molecular weight is 276 g/mol. The fraction of sp³-hybridized carbons (Fsp3) is 0.400. The van der Waals surface area contributed by atoms with Crippen molar-refractivity contribution >= 4 is 29.4 Å². The molecule has 1 fully saturated rings. The van der Waals surface area contributed by atoms with Crippen molar-refractivity contribution in [3.05, 3.63) is 35.9 Å². The van der Waals surface area contributed by atoms with Crippen molar-refractivity contribution in [2.75, 3.05) is 18.5 Å². The van der Waals surface area contributed by atoms with Gasteiger partial charge in [0, 0.05) is 23.1 Å². The second-order valence-electron chi connectivity index (χ2n) is 4.96. The second kappa shape index (κ2) is 6.15. The summed E-state index contributed by atoms with van der Waals surface area (Å²) in [5.74, 6) is -0.0391. The summed E-state index contributed by atoms with van der Waals surface area (Å²) < 4.78 is 0.278. The highest BCUT2D eigenvalue weighted by atomic mass is 32.2. The van der Waals surface area contributed by atoms with E-state index in [0.717, 1.165) is 12.1 Å². The molecule has 0 radical (unpaired) electrons. The van der Waals surface area contributed by atoms with Crippen LogP contribution in [0, 0.1) is 0 Å². The molecule has 0 aromatic heterocycles. The maximum atomic E-state index is 11.8. The number of nitrogens with two attached hydrogens (primary N) is 1. The number of hydrogen-bond donors (Lipinski definition) is 2. The monoisotopic (exact) mass is 276 g/mol. The van der Waals surface area contributed by atoms with E-state index in [9.17, 15) is 4.79 Å². The van der Waals surface area contributed by atoms with Crippen LogP contribution in [0.1, 0.15) is 24.8 Å². The third kappa shape index (κ3) is 3.77. The zero-order valence-corrected chi connectivity index (χ0v) is 12.0. The van der Waals surface area contributed by atoms with Gasteiger partial charge in [0.25, 0.3) is 0 Å². The first-order chi connectivity index (χ1) is 9.13. The highest BCUT2D eigenvalue weighted by molar-refractivity contribution is 8.00. The predicted octanol–water partition coefficient (Wildman–Crippen LogP) is 2.68. The Hall–Kier alpha value is -1.42. The third-order valence-corrected chi connectivity index (χ3v) is 5.04.